The van der Waals surface area contributed by atoms with E-state index in [1.165, 1.54) is 18.4 Å². The number of benzene rings is 1. The minimum absolute atomic E-state index is 0.240. The summed E-state index contributed by atoms with van der Waals surface area (Å²) in [5.74, 6) is 0.792. The minimum Gasteiger partial charge on any atom is -0.444 e. The van der Waals surface area contributed by atoms with Crippen LogP contribution in [0.1, 0.15) is 70.9 Å². The number of amides is 1. The Bertz CT molecular complexity index is 555. The van der Waals surface area contributed by atoms with Crippen LogP contribution in [0.2, 0.25) is 0 Å². The molecule has 4 nitrogen and oxygen atoms in total. The number of hydrogen-bond acceptors (Lipinski definition) is 3. The third kappa shape index (κ3) is 5.74. The number of ether oxygens (including phenoxy) is 1. The van der Waals surface area contributed by atoms with Crippen molar-refractivity contribution in [3.05, 3.63) is 35.9 Å². The van der Waals surface area contributed by atoms with Crippen LogP contribution in [0.3, 0.4) is 0 Å². The summed E-state index contributed by atoms with van der Waals surface area (Å²) in [5.41, 5.74) is 0.981. The minimum atomic E-state index is -0.435. The number of hydrogen-bond donors (Lipinski definition) is 2. The molecule has 138 valence electrons. The molecule has 1 aromatic rings. The maximum absolute atomic E-state index is 11.9. The molecule has 0 aliphatic heterocycles. The van der Waals surface area contributed by atoms with Gasteiger partial charge in [-0.1, -0.05) is 30.3 Å². The molecule has 1 unspecified atom stereocenters. The fourth-order valence-corrected chi connectivity index (χ4v) is 3.73. The lowest BCUT2D eigenvalue weighted by Gasteiger charge is -2.33. The third-order valence-electron chi connectivity index (χ3n) is 5.12. The van der Waals surface area contributed by atoms with Gasteiger partial charge in [0.2, 0.25) is 0 Å². The average Bonchev–Trinajstić information content (AvgIpc) is 3.38. The van der Waals surface area contributed by atoms with Gasteiger partial charge in [0.05, 0.1) is 0 Å². The monoisotopic (exact) mass is 344 g/mol. The Morgan fingerprint density at radius 3 is 2.16 bits per heavy atom. The van der Waals surface area contributed by atoms with E-state index in [1.54, 1.807) is 0 Å². The maximum Gasteiger partial charge on any atom is 0.407 e. The molecule has 2 N–H and O–H groups in total. The molecule has 1 atom stereocenters. The Hall–Kier alpha value is -1.55. The lowest BCUT2D eigenvalue weighted by atomic mass is 9.89. The average molecular weight is 344 g/mol. The molecule has 3 rings (SSSR count). The number of carbonyl (C=O) groups is 1. The number of nitrogens with one attached hydrogen (secondary N) is 2. The van der Waals surface area contributed by atoms with Gasteiger partial charge >= 0.3 is 6.09 Å². The number of rotatable bonds is 5. The highest BCUT2D eigenvalue weighted by Gasteiger charge is 2.34. The molecule has 0 heterocycles. The molecular weight excluding hydrogens is 312 g/mol. The van der Waals surface area contributed by atoms with Crippen molar-refractivity contribution in [1.29, 1.82) is 0 Å². The van der Waals surface area contributed by atoms with E-state index in [2.05, 4.69) is 41.0 Å². The Balaban J connectivity index is 1.46. The van der Waals surface area contributed by atoms with Crippen LogP contribution in [0.5, 0.6) is 0 Å². The molecule has 1 aromatic carbocycles. The molecular formula is C21H32N2O2. The Labute approximate surface area is 151 Å². The second-order valence-electron chi connectivity index (χ2n) is 8.59. The second-order valence-corrected chi connectivity index (χ2v) is 8.59. The van der Waals surface area contributed by atoms with Gasteiger partial charge in [-0.3, -0.25) is 0 Å². The van der Waals surface area contributed by atoms with Crippen LogP contribution in [0.15, 0.2) is 30.3 Å². The Morgan fingerprint density at radius 1 is 1.00 bits per heavy atom. The fraction of sp³-hybridized carbons (Fsp3) is 0.667. The molecule has 1 amide bonds. The molecule has 2 saturated carbocycles. The maximum atomic E-state index is 11.9. The van der Waals surface area contributed by atoms with Crippen LogP contribution in [0.4, 0.5) is 4.79 Å². The van der Waals surface area contributed by atoms with Crippen LogP contribution in [-0.4, -0.2) is 23.8 Å². The highest BCUT2D eigenvalue weighted by Crippen LogP contribution is 2.41. The quantitative estimate of drug-likeness (QED) is 0.823. The van der Waals surface area contributed by atoms with Gasteiger partial charge in [-0.2, -0.15) is 0 Å². The van der Waals surface area contributed by atoms with E-state index in [9.17, 15) is 4.79 Å². The first-order valence-electron chi connectivity index (χ1n) is 9.71. The van der Waals surface area contributed by atoms with Crippen molar-refractivity contribution in [2.75, 3.05) is 0 Å². The zero-order chi connectivity index (χ0) is 17.9. The van der Waals surface area contributed by atoms with E-state index in [0.717, 1.165) is 31.6 Å². The first kappa shape index (κ1) is 18.2. The molecule has 4 heteroatoms. The van der Waals surface area contributed by atoms with Gasteiger partial charge in [0, 0.05) is 18.1 Å². The predicted molar refractivity (Wildman–Crippen MR) is 100 cm³/mol. The zero-order valence-corrected chi connectivity index (χ0v) is 15.8. The summed E-state index contributed by atoms with van der Waals surface area (Å²) in [6.45, 7) is 5.69. The Morgan fingerprint density at radius 2 is 1.60 bits per heavy atom. The van der Waals surface area contributed by atoms with Gasteiger partial charge in [0.25, 0.3) is 0 Å². The predicted octanol–water partition coefficient (Wildman–Crippen LogP) is 4.56. The fourth-order valence-electron chi connectivity index (χ4n) is 3.73. The normalized spacial score (nSPS) is 25.2. The van der Waals surface area contributed by atoms with Crippen LogP contribution in [-0.2, 0) is 4.74 Å². The van der Waals surface area contributed by atoms with Gasteiger partial charge < -0.3 is 15.4 Å². The lowest BCUT2D eigenvalue weighted by Crippen LogP contribution is -2.44. The summed E-state index contributed by atoms with van der Waals surface area (Å²) in [5, 5.41) is 6.93. The van der Waals surface area contributed by atoms with Crippen LogP contribution in [0, 0.1) is 5.92 Å². The van der Waals surface area contributed by atoms with Gasteiger partial charge in [-0.05, 0) is 70.8 Å². The largest absolute Gasteiger partial charge is 0.444 e. The summed E-state index contributed by atoms with van der Waals surface area (Å²) < 4.78 is 5.36. The van der Waals surface area contributed by atoms with E-state index in [1.807, 2.05) is 20.8 Å². The van der Waals surface area contributed by atoms with E-state index >= 15 is 0 Å². The van der Waals surface area contributed by atoms with Crippen molar-refractivity contribution in [1.82, 2.24) is 10.6 Å². The van der Waals surface area contributed by atoms with E-state index < -0.39 is 5.60 Å². The van der Waals surface area contributed by atoms with Gasteiger partial charge in [0.1, 0.15) is 5.60 Å². The highest BCUT2D eigenvalue weighted by atomic mass is 16.6. The molecule has 0 saturated heterocycles. The van der Waals surface area contributed by atoms with Gasteiger partial charge in [-0.25, -0.2) is 4.79 Å². The van der Waals surface area contributed by atoms with Crippen LogP contribution >= 0.6 is 0 Å². The molecule has 2 aliphatic carbocycles. The number of alkyl carbamates (subject to hydrolysis) is 1. The van der Waals surface area contributed by atoms with E-state index in [0.29, 0.717) is 12.1 Å². The molecule has 0 spiro atoms. The lowest BCUT2D eigenvalue weighted by molar-refractivity contribution is 0.0489. The standard InChI is InChI=1S/C21H32N2O2/c1-21(2,3)25-20(24)23-18-13-11-17(12-14-18)22-19(16-9-10-16)15-7-5-4-6-8-15/h4-8,16-19,22H,9-14H2,1-3H3,(H,23,24). The topological polar surface area (TPSA) is 50.4 Å². The SMILES string of the molecule is CC(C)(C)OC(=O)NC1CCC(NC(c2ccccc2)C2CC2)CC1. The summed E-state index contributed by atoms with van der Waals surface area (Å²) in [4.78, 5) is 11.9. The zero-order valence-electron chi connectivity index (χ0n) is 15.8. The molecule has 0 bridgehead atoms. The molecule has 2 aliphatic rings. The first-order valence-corrected chi connectivity index (χ1v) is 9.71. The van der Waals surface area contributed by atoms with Gasteiger partial charge in [0.15, 0.2) is 0 Å². The molecule has 25 heavy (non-hydrogen) atoms. The van der Waals surface area contributed by atoms with Crippen molar-refractivity contribution in [3.63, 3.8) is 0 Å². The van der Waals surface area contributed by atoms with Crippen molar-refractivity contribution < 1.29 is 9.53 Å². The summed E-state index contributed by atoms with van der Waals surface area (Å²) in [6, 6.07) is 12.1. The third-order valence-corrected chi connectivity index (χ3v) is 5.12. The first-order chi connectivity index (χ1) is 11.9. The summed E-state index contributed by atoms with van der Waals surface area (Å²) in [7, 11) is 0. The van der Waals surface area contributed by atoms with Gasteiger partial charge in [-0.15, -0.1) is 0 Å². The van der Waals surface area contributed by atoms with E-state index in [-0.39, 0.29) is 12.1 Å². The molecule has 0 radical (unpaired) electrons. The molecule has 2 fully saturated rings. The van der Waals surface area contributed by atoms with Crippen LogP contribution < -0.4 is 10.6 Å². The highest BCUT2D eigenvalue weighted by molar-refractivity contribution is 5.68. The van der Waals surface area contributed by atoms with Crippen molar-refractivity contribution in [2.45, 2.75) is 83.0 Å². The van der Waals surface area contributed by atoms with Crippen molar-refractivity contribution in [3.8, 4) is 0 Å². The van der Waals surface area contributed by atoms with Crippen molar-refractivity contribution in [2.24, 2.45) is 5.92 Å². The second kappa shape index (κ2) is 7.77. The van der Waals surface area contributed by atoms with Crippen molar-refractivity contribution >= 4 is 6.09 Å². The number of carbonyl (C=O) groups excluding carboxylic acids is 1. The Kier molecular flexibility index (Phi) is 5.67. The summed E-state index contributed by atoms with van der Waals surface area (Å²) >= 11 is 0. The summed E-state index contributed by atoms with van der Waals surface area (Å²) in [6.07, 6.45) is 6.63. The van der Waals surface area contributed by atoms with E-state index in [4.69, 9.17) is 4.74 Å². The van der Waals surface area contributed by atoms with Crippen LogP contribution in [0.25, 0.3) is 0 Å². The molecule has 0 aromatic heterocycles. The smallest absolute Gasteiger partial charge is 0.407 e.